The topological polar surface area (TPSA) is 87.7 Å². The van der Waals surface area contributed by atoms with Gasteiger partial charge in [-0.25, -0.2) is 4.79 Å². The van der Waals surface area contributed by atoms with Crippen LogP contribution in [0.5, 0.6) is 5.75 Å². The first-order chi connectivity index (χ1) is 11.9. The van der Waals surface area contributed by atoms with Crippen molar-refractivity contribution in [1.82, 2.24) is 0 Å². The molecule has 0 fully saturated rings. The van der Waals surface area contributed by atoms with Crippen LogP contribution in [0.1, 0.15) is 35.3 Å². The second kappa shape index (κ2) is 8.19. The molecule has 2 aromatic rings. The van der Waals surface area contributed by atoms with Gasteiger partial charge in [-0.2, -0.15) is 0 Å². The third-order valence-corrected chi connectivity index (χ3v) is 3.34. The minimum absolute atomic E-state index is 0.0775. The Balaban J connectivity index is 2.24. The number of amides is 1. The van der Waals surface area contributed by atoms with E-state index in [2.05, 4.69) is 5.32 Å². The van der Waals surface area contributed by atoms with E-state index in [1.54, 1.807) is 26.8 Å². The third-order valence-electron chi connectivity index (χ3n) is 3.34. The van der Waals surface area contributed by atoms with Gasteiger partial charge in [-0.3, -0.25) is 5.32 Å². The summed E-state index contributed by atoms with van der Waals surface area (Å²) >= 11 is 0. The van der Waals surface area contributed by atoms with Gasteiger partial charge in [0.1, 0.15) is 12.4 Å². The van der Waals surface area contributed by atoms with Crippen LogP contribution in [-0.4, -0.2) is 18.2 Å². The predicted molar refractivity (Wildman–Crippen MR) is 91.5 cm³/mol. The number of rotatable bonds is 6. The number of ether oxygens (including phenoxy) is 2. The number of benzene rings is 2. The standard InChI is InChI=1S/C19H21NO5/c1-12(2)25-19(23)20-16-10-15(9-13(3)17(16)18(21)22)24-11-14-7-5-4-6-8-14/h4-10,12H,11H2,1-3H3,(H,20,23)(H,21,22)/p-1. The van der Waals surface area contributed by atoms with Crippen molar-refractivity contribution in [3.8, 4) is 5.75 Å². The molecule has 1 N–H and O–H groups in total. The monoisotopic (exact) mass is 342 g/mol. The van der Waals surface area contributed by atoms with Crippen molar-refractivity contribution in [3.63, 3.8) is 0 Å². The van der Waals surface area contributed by atoms with E-state index in [0.717, 1.165) is 5.56 Å². The lowest BCUT2D eigenvalue weighted by molar-refractivity contribution is -0.254. The highest BCUT2D eigenvalue weighted by Gasteiger charge is 2.14. The molecule has 0 aliphatic carbocycles. The number of carboxylic acids is 1. The Labute approximate surface area is 146 Å². The molecule has 0 spiro atoms. The van der Waals surface area contributed by atoms with Gasteiger partial charge in [-0.05, 0) is 38.0 Å². The SMILES string of the molecule is Cc1cc(OCc2ccccc2)cc(NC(=O)OC(C)C)c1C(=O)[O-]. The number of nitrogens with one attached hydrogen (secondary N) is 1. The van der Waals surface area contributed by atoms with Crippen molar-refractivity contribution >= 4 is 17.7 Å². The lowest BCUT2D eigenvalue weighted by atomic mass is 10.1. The predicted octanol–water partition coefficient (Wildman–Crippen LogP) is 2.89. The smallest absolute Gasteiger partial charge is 0.411 e. The third kappa shape index (κ3) is 5.24. The van der Waals surface area contributed by atoms with E-state index in [-0.39, 0.29) is 17.4 Å². The molecular weight excluding hydrogens is 322 g/mol. The molecule has 6 nitrogen and oxygen atoms in total. The van der Waals surface area contributed by atoms with Gasteiger partial charge < -0.3 is 19.4 Å². The van der Waals surface area contributed by atoms with E-state index in [9.17, 15) is 14.7 Å². The van der Waals surface area contributed by atoms with Crippen LogP contribution in [0.2, 0.25) is 0 Å². The number of aromatic carboxylic acids is 1. The number of hydrogen-bond donors (Lipinski definition) is 1. The summed E-state index contributed by atoms with van der Waals surface area (Å²) in [6, 6.07) is 12.6. The van der Waals surface area contributed by atoms with Crippen LogP contribution in [0.4, 0.5) is 10.5 Å². The summed E-state index contributed by atoms with van der Waals surface area (Å²) in [6.45, 7) is 5.33. The number of carbonyl (C=O) groups is 2. The molecule has 132 valence electrons. The minimum Gasteiger partial charge on any atom is -0.545 e. The molecule has 0 unspecified atom stereocenters. The molecule has 0 aliphatic rings. The van der Waals surface area contributed by atoms with Crippen LogP contribution in [0.3, 0.4) is 0 Å². The maximum Gasteiger partial charge on any atom is 0.411 e. The molecule has 6 heteroatoms. The Kier molecular flexibility index (Phi) is 6.00. The average Bonchev–Trinajstić information content (AvgIpc) is 2.52. The van der Waals surface area contributed by atoms with E-state index in [0.29, 0.717) is 17.9 Å². The molecule has 0 heterocycles. The first-order valence-corrected chi connectivity index (χ1v) is 7.87. The molecule has 0 aromatic heterocycles. The fourth-order valence-corrected chi connectivity index (χ4v) is 2.30. The van der Waals surface area contributed by atoms with Gasteiger partial charge in [0.25, 0.3) is 0 Å². The minimum atomic E-state index is -1.38. The van der Waals surface area contributed by atoms with Gasteiger partial charge >= 0.3 is 6.09 Å². The summed E-state index contributed by atoms with van der Waals surface area (Å²) in [7, 11) is 0. The van der Waals surface area contributed by atoms with E-state index in [1.165, 1.54) is 6.07 Å². The van der Waals surface area contributed by atoms with Crippen molar-refractivity contribution < 1.29 is 24.2 Å². The summed E-state index contributed by atoms with van der Waals surface area (Å²) < 4.78 is 10.7. The second-order valence-electron chi connectivity index (χ2n) is 5.80. The van der Waals surface area contributed by atoms with Gasteiger partial charge in [0.2, 0.25) is 0 Å². The van der Waals surface area contributed by atoms with Crippen molar-refractivity contribution in [2.45, 2.75) is 33.5 Å². The zero-order chi connectivity index (χ0) is 18.4. The maximum absolute atomic E-state index is 11.8. The molecule has 25 heavy (non-hydrogen) atoms. The molecule has 2 aromatic carbocycles. The molecule has 2 rings (SSSR count). The summed E-state index contributed by atoms with van der Waals surface area (Å²) in [5.74, 6) is -0.946. The summed E-state index contributed by atoms with van der Waals surface area (Å²) in [5, 5.41) is 13.8. The Morgan fingerprint density at radius 1 is 1.16 bits per heavy atom. The van der Waals surface area contributed by atoms with Crippen LogP contribution in [0.15, 0.2) is 42.5 Å². The number of carbonyl (C=O) groups excluding carboxylic acids is 2. The highest BCUT2D eigenvalue weighted by atomic mass is 16.6. The average molecular weight is 342 g/mol. The second-order valence-corrected chi connectivity index (χ2v) is 5.80. The van der Waals surface area contributed by atoms with Crippen LogP contribution < -0.4 is 15.2 Å². The van der Waals surface area contributed by atoms with Gasteiger partial charge in [-0.15, -0.1) is 0 Å². The number of hydrogen-bond acceptors (Lipinski definition) is 5. The van der Waals surface area contributed by atoms with Crippen molar-refractivity contribution in [1.29, 1.82) is 0 Å². The van der Waals surface area contributed by atoms with Crippen LogP contribution >= 0.6 is 0 Å². The molecule has 0 radical (unpaired) electrons. The lowest BCUT2D eigenvalue weighted by Crippen LogP contribution is -2.26. The number of carboxylic acid groups (broad SMARTS) is 1. The molecule has 0 aliphatic heterocycles. The molecule has 0 saturated carbocycles. The number of aryl methyl sites for hydroxylation is 1. The van der Waals surface area contributed by atoms with E-state index < -0.39 is 12.1 Å². The van der Waals surface area contributed by atoms with Gasteiger partial charge in [0, 0.05) is 11.6 Å². The fraction of sp³-hybridized carbons (Fsp3) is 0.263. The highest BCUT2D eigenvalue weighted by Crippen LogP contribution is 2.27. The van der Waals surface area contributed by atoms with Gasteiger partial charge in [0.05, 0.1) is 17.8 Å². The Hall–Kier alpha value is -3.02. The normalized spacial score (nSPS) is 10.4. The highest BCUT2D eigenvalue weighted by molar-refractivity contribution is 5.99. The van der Waals surface area contributed by atoms with Crippen LogP contribution in [0.25, 0.3) is 0 Å². The zero-order valence-electron chi connectivity index (χ0n) is 14.4. The van der Waals surface area contributed by atoms with E-state index >= 15 is 0 Å². The van der Waals surface area contributed by atoms with Gasteiger partial charge in [0.15, 0.2) is 0 Å². The quantitative estimate of drug-likeness (QED) is 0.872. The summed E-state index contributed by atoms with van der Waals surface area (Å²) in [6.07, 6.45) is -1.07. The van der Waals surface area contributed by atoms with Crippen LogP contribution in [0, 0.1) is 6.92 Å². The molecule has 0 bridgehead atoms. The van der Waals surface area contributed by atoms with Crippen molar-refractivity contribution in [3.05, 3.63) is 59.2 Å². The molecule has 0 atom stereocenters. The largest absolute Gasteiger partial charge is 0.545 e. The summed E-state index contributed by atoms with van der Waals surface area (Å²) in [4.78, 5) is 23.2. The first-order valence-electron chi connectivity index (χ1n) is 7.87. The lowest BCUT2D eigenvalue weighted by Gasteiger charge is -2.17. The number of anilines is 1. The van der Waals surface area contributed by atoms with Crippen molar-refractivity contribution in [2.24, 2.45) is 0 Å². The molecule has 1 amide bonds. The van der Waals surface area contributed by atoms with E-state index in [4.69, 9.17) is 9.47 Å². The Bertz CT molecular complexity index is 756. The molecular formula is C19H20NO5-. The fourth-order valence-electron chi connectivity index (χ4n) is 2.30. The molecule has 0 saturated heterocycles. The van der Waals surface area contributed by atoms with Crippen molar-refractivity contribution in [2.75, 3.05) is 5.32 Å². The Morgan fingerprint density at radius 2 is 1.84 bits per heavy atom. The Morgan fingerprint density at radius 3 is 2.44 bits per heavy atom. The van der Waals surface area contributed by atoms with E-state index in [1.807, 2.05) is 30.3 Å². The first kappa shape index (κ1) is 18.3. The maximum atomic E-state index is 11.8. The van der Waals surface area contributed by atoms with Crippen LogP contribution in [-0.2, 0) is 11.3 Å². The zero-order valence-corrected chi connectivity index (χ0v) is 14.4. The summed E-state index contributed by atoms with van der Waals surface area (Å²) in [5.41, 5.74) is 1.37. The van der Waals surface area contributed by atoms with Gasteiger partial charge in [-0.1, -0.05) is 30.3 Å².